The molecule has 29 heavy (non-hydrogen) atoms. The first-order valence-electron chi connectivity index (χ1n) is 9.70. The molecule has 7 heteroatoms. The Morgan fingerprint density at radius 2 is 1.69 bits per heavy atom. The SMILES string of the molecule is CN(C(=O)c1ccccc1NC(=S)NC(=O)c1ccc(Cl)cc1)C1CCCCC1. The molecule has 1 fully saturated rings. The summed E-state index contributed by atoms with van der Waals surface area (Å²) in [4.78, 5) is 27.2. The van der Waals surface area contributed by atoms with E-state index in [1.807, 2.05) is 24.1 Å². The molecule has 0 saturated heterocycles. The van der Waals surface area contributed by atoms with Gasteiger partial charge in [0.1, 0.15) is 0 Å². The van der Waals surface area contributed by atoms with E-state index in [9.17, 15) is 9.59 Å². The zero-order valence-electron chi connectivity index (χ0n) is 16.3. The Hall–Kier alpha value is -2.44. The van der Waals surface area contributed by atoms with Crippen molar-refractivity contribution in [3.8, 4) is 0 Å². The molecule has 2 amide bonds. The van der Waals surface area contributed by atoms with Crippen LogP contribution in [-0.2, 0) is 0 Å². The van der Waals surface area contributed by atoms with Gasteiger partial charge in [-0.3, -0.25) is 14.9 Å². The zero-order chi connectivity index (χ0) is 20.8. The lowest BCUT2D eigenvalue weighted by atomic mass is 9.94. The highest BCUT2D eigenvalue weighted by Gasteiger charge is 2.24. The number of nitrogens with one attached hydrogen (secondary N) is 2. The summed E-state index contributed by atoms with van der Waals surface area (Å²) in [6.45, 7) is 0. The zero-order valence-corrected chi connectivity index (χ0v) is 17.9. The van der Waals surface area contributed by atoms with Gasteiger partial charge in [-0.25, -0.2) is 0 Å². The van der Waals surface area contributed by atoms with Gasteiger partial charge in [0.25, 0.3) is 11.8 Å². The molecule has 5 nitrogen and oxygen atoms in total. The summed E-state index contributed by atoms with van der Waals surface area (Å²) in [5.74, 6) is -0.394. The topological polar surface area (TPSA) is 61.4 Å². The third kappa shape index (κ3) is 5.55. The van der Waals surface area contributed by atoms with Crippen LogP contribution in [0.15, 0.2) is 48.5 Å². The molecule has 0 aromatic heterocycles. The summed E-state index contributed by atoms with van der Waals surface area (Å²) in [6, 6.07) is 14.0. The molecule has 152 valence electrons. The molecule has 0 heterocycles. The van der Waals surface area contributed by atoms with Gasteiger partial charge in [0.2, 0.25) is 0 Å². The maximum absolute atomic E-state index is 13.1. The maximum Gasteiger partial charge on any atom is 0.257 e. The molecule has 0 spiro atoms. The lowest BCUT2D eigenvalue weighted by molar-refractivity contribution is 0.0697. The van der Waals surface area contributed by atoms with E-state index in [2.05, 4.69) is 10.6 Å². The Labute approximate surface area is 181 Å². The molecule has 0 unspecified atom stereocenters. The van der Waals surface area contributed by atoms with E-state index < -0.39 is 0 Å². The molecule has 1 aliphatic rings. The lowest BCUT2D eigenvalue weighted by Crippen LogP contribution is -2.39. The molecular weight excluding hydrogens is 406 g/mol. The summed E-state index contributed by atoms with van der Waals surface area (Å²) in [6.07, 6.45) is 5.62. The smallest absolute Gasteiger partial charge is 0.257 e. The number of para-hydroxylation sites is 1. The minimum absolute atomic E-state index is 0.0492. The second-order valence-corrected chi connectivity index (χ2v) is 8.01. The van der Waals surface area contributed by atoms with Crippen molar-refractivity contribution in [3.05, 3.63) is 64.7 Å². The molecule has 1 aliphatic carbocycles. The number of amides is 2. The van der Waals surface area contributed by atoms with E-state index in [1.165, 1.54) is 6.42 Å². The number of benzene rings is 2. The van der Waals surface area contributed by atoms with Gasteiger partial charge < -0.3 is 10.2 Å². The summed E-state index contributed by atoms with van der Waals surface area (Å²) >= 11 is 11.1. The summed E-state index contributed by atoms with van der Waals surface area (Å²) in [5, 5.41) is 6.31. The molecular formula is C22H24ClN3O2S. The van der Waals surface area contributed by atoms with E-state index in [-0.39, 0.29) is 23.0 Å². The van der Waals surface area contributed by atoms with Gasteiger partial charge in [-0.2, -0.15) is 0 Å². The first-order valence-corrected chi connectivity index (χ1v) is 10.5. The third-order valence-electron chi connectivity index (χ3n) is 5.18. The van der Waals surface area contributed by atoms with Gasteiger partial charge in [-0.05, 0) is 61.5 Å². The monoisotopic (exact) mass is 429 g/mol. The Morgan fingerprint density at radius 1 is 1.03 bits per heavy atom. The second kappa shape index (κ2) is 9.85. The highest BCUT2D eigenvalue weighted by Crippen LogP contribution is 2.25. The number of nitrogens with zero attached hydrogens (tertiary/aromatic N) is 1. The van der Waals surface area contributed by atoms with Gasteiger partial charge in [-0.15, -0.1) is 0 Å². The van der Waals surface area contributed by atoms with Crippen LogP contribution in [0.2, 0.25) is 5.02 Å². The van der Waals surface area contributed by atoms with Crippen molar-refractivity contribution < 1.29 is 9.59 Å². The van der Waals surface area contributed by atoms with Gasteiger partial charge in [0, 0.05) is 23.7 Å². The fourth-order valence-corrected chi connectivity index (χ4v) is 3.86. The number of hydrogen-bond donors (Lipinski definition) is 2. The van der Waals surface area contributed by atoms with E-state index in [4.69, 9.17) is 23.8 Å². The molecule has 3 rings (SSSR count). The number of hydrogen-bond acceptors (Lipinski definition) is 3. The normalized spacial score (nSPS) is 14.1. The Kier molecular flexibility index (Phi) is 7.23. The van der Waals surface area contributed by atoms with E-state index in [0.717, 1.165) is 25.7 Å². The van der Waals surface area contributed by atoms with E-state index in [0.29, 0.717) is 21.8 Å². The second-order valence-electron chi connectivity index (χ2n) is 7.17. The predicted molar refractivity (Wildman–Crippen MR) is 121 cm³/mol. The standard InChI is InChI=1S/C22H24ClN3O2S/c1-26(17-7-3-2-4-8-17)21(28)18-9-5-6-10-19(18)24-22(29)25-20(27)15-11-13-16(23)14-12-15/h5-6,9-14,17H,2-4,7-8H2,1H3,(H2,24,25,27,29). The number of anilines is 1. The molecule has 2 aromatic carbocycles. The van der Waals surface area contributed by atoms with Crippen LogP contribution < -0.4 is 10.6 Å². The van der Waals surface area contributed by atoms with Crippen molar-refractivity contribution in [3.63, 3.8) is 0 Å². The van der Waals surface area contributed by atoms with Crippen LogP contribution in [0.25, 0.3) is 0 Å². The number of thiocarbonyl (C=S) groups is 1. The maximum atomic E-state index is 13.1. The van der Waals surface area contributed by atoms with Gasteiger partial charge in [0.05, 0.1) is 11.3 Å². The van der Waals surface area contributed by atoms with Crippen LogP contribution in [-0.4, -0.2) is 34.9 Å². The average molecular weight is 430 g/mol. The fraction of sp³-hybridized carbons (Fsp3) is 0.318. The highest BCUT2D eigenvalue weighted by atomic mass is 35.5. The van der Waals surface area contributed by atoms with Crippen LogP contribution in [0.3, 0.4) is 0 Å². The Morgan fingerprint density at radius 3 is 2.38 bits per heavy atom. The van der Waals surface area contributed by atoms with Gasteiger partial charge >= 0.3 is 0 Å². The van der Waals surface area contributed by atoms with Gasteiger partial charge in [0.15, 0.2) is 5.11 Å². The van der Waals surface area contributed by atoms with Crippen LogP contribution in [0, 0.1) is 0 Å². The Balaban J connectivity index is 1.68. The van der Waals surface area contributed by atoms with E-state index >= 15 is 0 Å². The lowest BCUT2D eigenvalue weighted by Gasteiger charge is -2.31. The summed E-state index contributed by atoms with van der Waals surface area (Å²) in [7, 11) is 1.86. The van der Waals surface area contributed by atoms with Crippen LogP contribution in [0.1, 0.15) is 52.8 Å². The largest absolute Gasteiger partial charge is 0.339 e. The van der Waals surface area contributed by atoms with Crippen molar-refractivity contribution in [2.75, 3.05) is 12.4 Å². The molecule has 0 atom stereocenters. The number of rotatable bonds is 4. The highest BCUT2D eigenvalue weighted by molar-refractivity contribution is 7.80. The minimum atomic E-state index is -0.345. The average Bonchev–Trinajstić information content (AvgIpc) is 2.74. The van der Waals surface area contributed by atoms with E-state index in [1.54, 1.807) is 36.4 Å². The van der Waals surface area contributed by atoms with Crippen molar-refractivity contribution >= 4 is 46.4 Å². The number of carbonyl (C=O) groups is 2. The molecule has 0 bridgehead atoms. The third-order valence-corrected chi connectivity index (χ3v) is 5.64. The van der Waals surface area contributed by atoms with Crippen molar-refractivity contribution in [1.82, 2.24) is 10.2 Å². The molecule has 2 aromatic rings. The fourth-order valence-electron chi connectivity index (χ4n) is 3.53. The summed E-state index contributed by atoms with van der Waals surface area (Å²) < 4.78 is 0. The predicted octanol–water partition coefficient (Wildman–Crippen LogP) is 4.87. The first-order chi connectivity index (χ1) is 14.0. The first kappa shape index (κ1) is 21.3. The molecule has 0 radical (unpaired) electrons. The van der Waals surface area contributed by atoms with Crippen molar-refractivity contribution in [2.45, 2.75) is 38.1 Å². The van der Waals surface area contributed by atoms with Crippen LogP contribution in [0.5, 0.6) is 0 Å². The van der Waals surface area contributed by atoms with Crippen molar-refractivity contribution in [2.24, 2.45) is 0 Å². The van der Waals surface area contributed by atoms with Crippen molar-refractivity contribution in [1.29, 1.82) is 0 Å². The number of carbonyl (C=O) groups excluding carboxylic acids is 2. The van der Waals surface area contributed by atoms with Gasteiger partial charge in [-0.1, -0.05) is 43.0 Å². The number of halogens is 1. The van der Waals surface area contributed by atoms with Crippen LogP contribution >= 0.6 is 23.8 Å². The molecule has 2 N–H and O–H groups in total. The molecule has 1 saturated carbocycles. The Bertz CT molecular complexity index is 895. The molecule has 0 aliphatic heterocycles. The quantitative estimate of drug-likeness (QED) is 0.680. The van der Waals surface area contributed by atoms with Crippen LogP contribution in [0.4, 0.5) is 5.69 Å². The minimum Gasteiger partial charge on any atom is -0.339 e. The summed E-state index contributed by atoms with van der Waals surface area (Å²) in [5.41, 5.74) is 1.55.